The lowest BCUT2D eigenvalue weighted by atomic mass is 9.77. The van der Waals surface area contributed by atoms with Crippen molar-refractivity contribution in [3.05, 3.63) is 48.2 Å². The Morgan fingerprint density at radius 1 is 1.10 bits per heavy atom. The molecule has 1 heterocycles. The van der Waals surface area contributed by atoms with E-state index in [0.29, 0.717) is 17.5 Å². The van der Waals surface area contributed by atoms with Crippen LogP contribution in [0.4, 0.5) is 10.1 Å². The van der Waals surface area contributed by atoms with E-state index >= 15 is 0 Å². The normalized spacial score (nSPS) is 19.6. The van der Waals surface area contributed by atoms with Gasteiger partial charge in [-0.3, -0.25) is 14.6 Å². The molecule has 0 bridgehead atoms. The van der Waals surface area contributed by atoms with Crippen molar-refractivity contribution in [2.45, 2.75) is 57.5 Å². The van der Waals surface area contributed by atoms with Crippen molar-refractivity contribution < 1.29 is 19.1 Å². The predicted molar refractivity (Wildman–Crippen MR) is 110 cm³/mol. The number of anilines is 1. The highest BCUT2D eigenvalue weighted by molar-refractivity contribution is 5.96. The third-order valence-corrected chi connectivity index (χ3v) is 5.55. The number of benzene rings is 1. The number of hydrogen-bond acceptors (Lipinski definition) is 3. The first-order valence-electron chi connectivity index (χ1n) is 10.0. The third kappa shape index (κ3) is 5.62. The van der Waals surface area contributed by atoms with Gasteiger partial charge in [0.1, 0.15) is 0 Å². The number of rotatable bonds is 6. The largest absolute Gasteiger partial charge is 0.481 e. The molecule has 2 aromatic rings. The van der Waals surface area contributed by atoms with Crippen LogP contribution in [-0.2, 0) is 9.59 Å². The lowest BCUT2D eigenvalue weighted by Crippen LogP contribution is -2.32. The van der Waals surface area contributed by atoms with Crippen LogP contribution in [-0.4, -0.2) is 27.6 Å². The van der Waals surface area contributed by atoms with Crippen LogP contribution < -0.4 is 5.32 Å². The summed E-state index contributed by atoms with van der Waals surface area (Å²) in [6.07, 6.45) is 5.77. The van der Waals surface area contributed by atoms with Gasteiger partial charge in [-0.1, -0.05) is 24.3 Å². The van der Waals surface area contributed by atoms with Crippen LogP contribution in [0.1, 0.15) is 57.4 Å². The molecule has 2 N–H and O–H groups in total. The van der Waals surface area contributed by atoms with Crippen molar-refractivity contribution in [1.29, 1.82) is 0 Å². The highest BCUT2D eigenvalue weighted by atomic mass is 19.1. The number of amides is 1. The van der Waals surface area contributed by atoms with Crippen LogP contribution >= 0.6 is 0 Å². The number of aliphatic carboxylic acids is 1. The minimum Gasteiger partial charge on any atom is -0.481 e. The fourth-order valence-corrected chi connectivity index (χ4v) is 3.79. The fourth-order valence-electron chi connectivity index (χ4n) is 3.79. The Morgan fingerprint density at radius 3 is 2.28 bits per heavy atom. The summed E-state index contributed by atoms with van der Waals surface area (Å²) < 4.78 is 13.6. The summed E-state index contributed by atoms with van der Waals surface area (Å²) >= 11 is 0. The number of nitrogens with zero attached hydrogens (tertiary/aromatic N) is 1. The van der Waals surface area contributed by atoms with E-state index in [1.807, 2.05) is 12.1 Å². The number of halogens is 1. The smallest absolute Gasteiger partial charge is 0.303 e. The number of hydrogen-bond donors (Lipinski definition) is 2. The van der Waals surface area contributed by atoms with Gasteiger partial charge in [0.05, 0.1) is 17.6 Å². The van der Waals surface area contributed by atoms with Gasteiger partial charge >= 0.3 is 5.97 Å². The molecule has 5 nitrogen and oxygen atoms in total. The Hall–Kier alpha value is -2.76. The summed E-state index contributed by atoms with van der Waals surface area (Å²) in [5, 5.41) is 11.5. The van der Waals surface area contributed by atoms with Gasteiger partial charge in [-0.25, -0.2) is 4.39 Å². The number of carboxylic acids is 1. The third-order valence-electron chi connectivity index (χ3n) is 5.55. The number of carbonyl (C=O) groups is 2. The summed E-state index contributed by atoms with van der Waals surface area (Å²) in [6, 6.07) is 11.8. The van der Waals surface area contributed by atoms with E-state index < -0.39 is 17.5 Å². The molecule has 0 saturated heterocycles. The van der Waals surface area contributed by atoms with Gasteiger partial charge in [0.25, 0.3) is 5.91 Å². The minimum atomic E-state index is -1.94. The summed E-state index contributed by atoms with van der Waals surface area (Å²) in [4.78, 5) is 26.9. The molecule has 1 amide bonds. The van der Waals surface area contributed by atoms with E-state index in [1.54, 1.807) is 12.1 Å². The van der Waals surface area contributed by atoms with Crippen LogP contribution in [0.15, 0.2) is 42.6 Å². The van der Waals surface area contributed by atoms with Crippen molar-refractivity contribution in [2.75, 3.05) is 5.32 Å². The van der Waals surface area contributed by atoms with E-state index in [1.165, 1.54) is 25.6 Å². The monoisotopic (exact) mass is 398 g/mol. The lowest BCUT2D eigenvalue weighted by Gasteiger charge is -2.28. The average molecular weight is 398 g/mol. The van der Waals surface area contributed by atoms with Crippen LogP contribution in [0.2, 0.25) is 0 Å². The molecule has 1 fully saturated rings. The van der Waals surface area contributed by atoms with Crippen LogP contribution in [0.5, 0.6) is 0 Å². The van der Waals surface area contributed by atoms with Gasteiger partial charge in [-0.05, 0) is 69.1 Å². The number of pyridine rings is 1. The van der Waals surface area contributed by atoms with Crippen molar-refractivity contribution in [1.82, 2.24) is 4.98 Å². The Labute approximate surface area is 170 Å². The first-order valence-corrected chi connectivity index (χ1v) is 10.0. The first kappa shape index (κ1) is 21.0. The number of carbonyl (C=O) groups excluding carboxylic acids is 1. The van der Waals surface area contributed by atoms with Gasteiger partial charge in [0, 0.05) is 12.0 Å². The van der Waals surface area contributed by atoms with E-state index in [0.717, 1.165) is 36.9 Å². The lowest BCUT2D eigenvalue weighted by molar-refractivity contribution is -0.138. The molecule has 1 aromatic carbocycles. The number of nitrogens with one attached hydrogen (secondary N) is 1. The fraction of sp³-hybridized carbons (Fsp3) is 0.435. The van der Waals surface area contributed by atoms with Gasteiger partial charge in [-0.15, -0.1) is 0 Å². The molecule has 1 aliphatic rings. The molecule has 0 unspecified atom stereocenters. The maximum Gasteiger partial charge on any atom is 0.303 e. The molecule has 0 atom stereocenters. The second-order valence-electron chi connectivity index (χ2n) is 8.30. The van der Waals surface area contributed by atoms with Gasteiger partial charge < -0.3 is 10.4 Å². The summed E-state index contributed by atoms with van der Waals surface area (Å²) in [6.45, 7) is 2.43. The highest BCUT2D eigenvalue weighted by Gasteiger charge is 2.26. The second-order valence-corrected chi connectivity index (χ2v) is 8.30. The average Bonchev–Trinajstić information content (AvgIpc) is 2.68. The Kier molecular flexibility index (Phi) is 6.30. The van der Waals surface area contributed by atoms with Gasteiger partial charge in [-0.2, -0.15) is 0 Å². The van der Waals surface area contributed by atoms with Gasteiger partial charge in [0.2, 0.25) is 0 Å². The zero-order valence-electron chi connectivity index (χ0n) is 16.8. The molecule has 154 valence electrons. The first-order chi connectivity index (χ1) is 13.7. The Morgan fingerprint density at radius 2 is 1.76 bits per heavy atom. The number of aromatic nitrogens is 1. The zero-order valence-corrected chi connectivity index (χ0v) is 16.8. The molecule has 1 saturated carbocycles. The van der Waals surface area contributed by atoms with Crippen molar-refractivity contribution in [3.63, 3.8) is 0 Å². The summed E-state index contributed by atoms with van der Waals surface area (Å²) in [5.74, 6) is -0.628. The minimum absolute atomic E-state index is 0.274. The summed E-state index contributed by atoms with van der Waals surface area (Å²) in [7, 11) is 0. The van der Waals surface area contributed by atoms with Crippen LogP contribution in [0.3, 0.4) is 0 Å². The molecule has 0 spiro atoms. The number of carboxylic acid groups (broad SMARTS) is 1. The maximum absolute atomic E-state index is 13.6. The molecule has 29 heavy (non-hydrogen) atoms. The molecule has 1 aliphatic carbocycles. The molecular formula is C23H27FN2O3. The standard InChI is InChI=1S/C23H27FN2O3/c1-23(2,24)22(29)26-19-11-12-20(25-14-19)18-9-7-17(8-10-18)16-5-3-15(4-6-16)13-21(27)28/h7-12,14-16H,3-6,13H2,1-2H3,(H,26,29)(H,27,28). The maximum atomic E-state index is 13.6. The highest BCUT2D eigenvalue weighted by Crippen LogP contribution is 2.37. The van der Waals surface area contributed by atoms with E-state index in [4.69, 9.17) is 5.11 Å². The molecule has 6 heteroatoms. The van der Waals surface area contributed by atoms with Crippen molar-refractivity contribution in [3.8, 4) is 11.3 Å². The Bertz CT molecular complexity index is 849. The van der Waals surface area contributed by atoms with Crippen LogP contribution in [0, 0.1) is 5.92 Å². The predicted octanol–water partition coefficient (Wildman–Crippen LogP) is 5.18. The molecule has 1 aromatic heterocycles. The topological polar surface area (TPSA) is 79.3 Å². The molecule has 0 aliphatic heterocycles. The molecule has 0 radical (unpaired) electrons. The van der Waals surface area contributed by atoms with Crippen molar-refractivity contribution >= 4 is 17.6 Å². The van der Waals surface area contributed by atoms with Crippen molar-refractivity contribution in [2.24, 2.45) is 5.92 Å². The zero-order chi connectivity index (χ0) is 21.0. The van der Waals surface area contributed by atoms with Gasteiger partial charge in [0.15, 0.2) is 5.67 Å². The summed E-state index contributed by atoms with van der Waals surface area (Å²) in [5.41, 5.74) is 1.54. The quantitative estimate of drug-likeness (QED) is 0.702. The van der Waals surface area contributed by atoms with E-state index in [9.17, 15) is 14.0 Å². The van der Waals surface area contributed by atoms with Crippen LogP contribution in [0.25, 0.3) is 11.3 Å². The Balaban J connectivity index is 1.60. The molecular weight excluding hydrogens is 371 g/mol. The number of alkyl halides is 1. The molecule has 3 rings (SSSR count). The second kappa shape index (κ2) is 8.72. The van der Waals surface area contributed by atoms with E-state index in [-0.39, 0.29) is 6.42 Å². The SMILES string of the molecule is CC(C)(F)C(=O)Nc1ccc(-c2ccc(C3CCC(CC(=O)O)CC3)cc2)nc1. The van der Waals surface area contributed by atoms with E-state index in [2.05, 4.69) is 22.4 Å².